The lowest BCUT2D eigenvalue weighted by Crippen LogP contribution is -2.35. The number of nitrogens with zero attached hydrogens (tertiary/aromatic N) is 2. The van der Waals surface area contributed by atoms with Crippen LogP contribution in [0.4, 0.5) is 5.69 Å². The minimum absolute atomic E-state index is 0.167. The first-order chi connectivity index (χ1) is 10.2. The summed E-state index contributed by atoms with van der Waals surface area (Å²) < 4.78 is 10.1. The van der Waals surface area contributed by atoms with Gasteiger partial charge in [-0.3, -0.25) is 9.89 Å². The van der Waals surface area contributed by atoms with Crippen molar-refractivity contribution >= 4 is 11.6 Å². The molecule has 0 aromatic carbocycles. The zero-order chi connectivity index (χ0) is 15.7. The predicted molar refractivity (Wildman–Crippen MR) is 81.3 cm³/mol. The monoisotopic (exact) mass is 298 g/mol. The van der Waals surface area contributed by atoms with Gasteiger partial charge in [-0.1, -0.05) is 13.3 Å². The lowest BCUT2D eigenvalue weighted by atomic mass is 10.2. The van der Waals surface area contributed by atoms with E-state index in [0.717, 1.165) is 25.0 Å². The molecule has 1 amide bonds. The maximum absolute atomic E-state index is 12.6. The van der Waals surface area contributed by atoms with Crippen molar-refractivity contribution in [1.82, 2.24) is 15.1 Å². The number of ether oxygens (including phenoxy) is 2. The molecule has 7 heteroatoms. The van der Waals surface area contributed by atoms with Crippen LogP contribution in [0.25, 0.3) is 0 Å². The van der Waals surface area contributed by atoms with Crippen LogP contribution < -0.4 is 5.73 Å². The number of aromatic amines is 1. The number of nitrogens with one attached hydrogen (secondary N) is 1. The maximum Gasteiger partial charge on any atom is 0.276 e. The number of anilines is 1. The first-order valence-corrected chi connectivity index (χ1v) is 7.25. The standard InChI is InChI=1S/C14H26N4O3/c1-4-6-11-12(15)13(17-16-11)14(19)18(8-10-21-3)7-5-9-20-2/h4-10,15H2,1-3H3,(H,16,17). The van der Waals surface area contributed by atoms with E-state index in [-0.39, 0.29) is 5.91 Å². The molecule has 0 aliphatic heterocycles. The average molecular weight is 298 g/mol. The van der Waals surface area contributed by atoms with Crippen LogP contribution in [0.3, 0.4) is 0 Å². The van der Waals surface area contributed by atoms with Gasteiger partial charge in [0.25, 0.3) is 5.91 Å². The van der Waals surface area contributed by atoms with Crippen LogP contribution in [-0.4, -0.2) is 61.5 Å². The topological polar surface area (TPSA) is 93.5 Å². The van der Waals surface area contributed by atoms with Gasteiger partial charge in [0.1, 0.15) is 0 Å². The molecule has 3 N–H and O–H groups in total. The van der Waals surface area contributed by atoms with Crippen LogP contribution in [0.15, 0.2) is 0 Å². The molecule has 7 nitrogen and oxygen atoms in total. The van der Waals surface area contributed by atoms with E-state index in [4.69, 9.17) is 15.2 Å². The number of aromatic nitrogens is 2. The van der Waals surface area contributed by atoms with Crippen LogP contribution in [0, 0.1) is 0 Å². The Kier molecular flexibility index (Phi) is 7.78. The minimum Gasteiger partial charge on any atom is -0.395 e. The van der Waals surface area contributed by atoms with Gasteiger partial charge in [-0.15, -0.1) is 0 Å². The zero-order valence-corrected chi connectivity index (χ0v) is 13.1. The van der Waals surface area contributed by atoms with Crippen molar-refractivity contribution in [3.05, 3.63) is 11.4 Å². The largest absolute Gasteiger partial charge is 0.395 e. The number of hydrogen-bond donors (Lipinski definition) is 2. The Hall–Kier alpha value is -1.60. The van der Waals surface area contributed by atoms with Crippen molar-refractivity contribution in [3.8, 4) is 0 Å². The highest BCUT2D eigenvalue weighted by Crippen LogP contribution is 2.17. The molecule has 0 saturated carbocycles. The molecule has 1 aromatic heterocycles. The summed E-state index contributed by atoms with van der Waals surface area (Å²) >= 11 is 0. The Labute approximate surface area is 125 Å². The molecule has 0 unspecified atom stereocenters. The van der Waals surface area contributed by atoms with Gasteiger partial charge in [-0.2, -0.15) is 5.10 Å². The van der Waals surface area contributed by atoms with Gasteiger partial charge in [-0.05, 0) is 12.8 Å². The summed E-state index contributed by atoms with van der Waals surface area (Å²) in [5.74, 6) is -0.167. The third kappa shape index (κ3) is 5.02. The highest BCUT2D eigenvalue weighted by Gasteiger charge is 2.22. The van der Waals surface area contributed by atoms with Gasteiger partial charge < -0.3 is 20.1 Å². The van der Waals surface area contributed by atoms with Gasteiger partial charge in [0, 0.05) is 33.9 Å². The molecule has 0 aliphatic rings. The Morgan fingerprint density at radius 1 is 1.29 bits per heavy atom. The van der Waals surface area contributed by atoms with E-state index < -0.39 is 0 Å². The van der Waals surface area contributed by atoms with Crippen molar-refractivity contribution < 1.29 is 14.3 Å². The number of aryl methyl sites for hydroxylation is 1. The highest BCUT2D eigenvalue weighted by molar-refractivity contribution is 5.97. The maximum atomic E-state index is 12.6. The van der Waals surface area contributed by atoms with Crippen LogP contribution >= 0.6 is 0 Å². The molecule has 1 rings (SSSR count). The van der Waals surface area contributed by atoms with E-state index in [1.165, 1.54) is 0 Å². The van der Waals surface area contributed by atoms with Crippen molar-refractivity contribution in [2.24, 2.45) is 0 Å². The molecular weight excluding hydrogens is 272 g/mol. The lowest BCUT2D eigenvalue weighted by molar-refractivity contribution is 0.0669. The molecule has 1 aromatic rings. The Morgan fingerprint density at radius 2 is 2.00 bits per heavy atom. The molecule has 1 heterocycles. The number of H-pyrrole nitrogens is 1. The third-order valence-corrected chi connectivity index (χ3v) is 3.21. The minimum atomic E-state index is -0.167. The van der Waals surface area contributed by atoms with Crippen LogP contribution in [0.2, 0.25) is 0 Å². The van der Waals surface area contributed by atoms with E-state index in [2.05, 4.69) is 17.1 Å². The smallest absolute Gasteiger partial charge is 0.276 e. The van der Waals surface area contributed by atoms with Crippen molar-refractivity contribution in [2.45, 2.75) is 26.2 Å². The summed E-state index contributed by atoms with van der Waals surface area (Å²) in [5, 5.41) is 6.93. The van der Waals surface area contributed by atoms with Crippen LogP contribution in [-0.2, 0) is 15.9 Å². The first kappa shape index (κ1) is 17.5. The quantitative estimate of drug-likeness (QED) is 0.630. The van der Waals surface area contributed by atoms with Gasteiger partial charge >= 0.3 is 0 Å². The normalized spacial score (nSPS) is 10.8. The first-order valence-electron chi connectivity index (χ1n) is 7.25. The second-order valence-electron chi connectivity index (χ2n) is 4.85. The van der Waals surface area contributed by atoms with Gasteiger partial charge in [-0.25, -0.2) is 0 Å². The fraction of sp³-hybridized carbons (Fsp3) is 0.714. The Morgan fingerprint density at radius 3 is 2.62 bits per heavy atom. The molecule has 120 valence electrons. The second kappa shape index (κ2) is 9.36. The Bertz CT molecular complexity index is 434. The number of nitrogen functional groups attached to an aromatic ring is 1. The molecule has 0 spiro atoms. The summed E-state index contributed by atoms with van der Waals surface area (Å²) in [4.78, 5) is 14.2. The Balaban J connectivity index is 2.78. The number of nitrogens with two attached hydrogens (primary N) is 1. The molecule has 0 aliphatic carbocycles. The zero-order valence-electron chi connectivity index (χ0n) is 13.1. The van der Waals surface area contributed by atoms with E-state index >= 15 is 0 Å². The number of hydrogen-bond acceptors (Lipinski definition) is 5. The van der Waals surface area contributed by atoms with E-state index in [0.29, 0.717) is 37.7 Å². The molecule has 0 fully saturated rings. The number of methoxy groups -OCH3 is 2. The summed E-state index contributed by atoms with van der Waals surface area (Å²) in [6.07, 6.45) is 2.49. The summed E-state index contributed by atoms with van der Waals surface area (Å²) in [6, 6.07) is 0. The third-order valence-electron chi connectivity index (χ3n) is 3.21. The van der Waals surface area contributed by atoms with Gasteiger partial charge in [0.15, 0.2) is 5.69 Å². The summed E-state index contributed by atoms with van der Waals surface area (Å²) in [6.45, 7) is 4.23. The number of carbonyl (C=O) groups excluding carboxylic acids is 1. The van der Waals surface area contributed by atoms with E-state index in [1.807, 2.05) is 0 Å². The van der Waals surface area contributed by atoms with Crippen LogP contribution in [0.1, 0.15) is 35.9 Å². The molecule has 0 radical (unpaired) electrons. The number of amides is 1. The van der Waals surface area contributed by atoms with Crippen molar-refractivity contribution in [1.29, 1.82) is 0 Å². The fourth-order valence-electron chi connectivity index (χ4n) is 2.06. The molecule has 0 saturated heterocycles. The molecule has 0 atom stereocenters. The lowest BCUT2D eigenvalue weighted by Gasteiger charge is -2.21. The van der Waals surface area contributed by atoms with Gasteiger partial charge in [0.2, 0.25) is 0 Å². The van der Waals surface area contributed by atoms with Gasteiger partial charge in [0.05, 0.1) is 18.0 Å². The molecule has 21 heavy (non-hydrogen) atoms. The highest BCUT2D eigenvalue weighted by atomic mass is 16.5. The number of carbonyl (C=O) groups is 1. The second-order valence-corrected chi connectivity index (χ2v) is 4.85. The predicted octanol–water partition coefficient (Wildman–Crippen LogP) is 1.07. The molecule has 0 bridgehead atoms. The fourth-order valence-corrected chi connectivity index (χ4v) is 2.06. The SMILES string of the molecule is CCCc1[nH]nc(C(=O)N(CCCOC)CCOC)c1N. The summed E-state index contributed by atoms with van der Waals surface area (Å²) in [5.41, 5.74) is 7.59. The summed E-state index contributed by atoms with van der Waals surface area (Å²) in [7, 11) is 3.25. The van der Waals surface area contributed by atoms with Crippen LogP contribution in [0.5, 0.6) is 0 Å². The molecular formula is C14H26N4O3. The van der Waals surface area contributed by atoms with Crippen molar-refractivity contribution in [3.63, 3.8) is 0 Å². The van der Waals surface area contributed by atoms with E-state index in [1.54, 1.807) is 19.1 Å². The number of rotatable bonds is 10. The van der Waals surface area contributed by atoms with E-state index in [9.17, 15) is 4.79 Å². The van der Waals surface area contributed by atoms with Crippen molar-refractivity contribution in [2.75, 3.05) is 46.3 Å². The average Bonchev–Trinajstić information content (AvgIpc) is 2.84.